The molecule has 1 aromatic carbocycles. The Labute approximate surface area is 128 Å². The van der Waals surface area contributed by atoms with Gasteiger partial charge in [0.1, 0.15) is 6.10 Å². The zero-order chi connectivity index (χ0) is 15.2. The SMILES string of the molecule is COC(=O)C(C)(C)CCOCC(O)c1cccc(Br)c1. The molecule has 0 saturated heterocycles. The molecule has 1 unspecified atom stereocenters. The molecule has 0 aromatic heterocycles. The van der Waals surface area contributed by atoms with Gasteiger partial charge in [0.15, 0.2) is 0 Å². The smallest absolute Gasteiger partial charge is 0.311 e. The van der Waals surface area contributed by atoms with E-state index in [1.165, 1.54) is 7.11 Å². The third-order valence-corrected chi connectivity index (χ3v) is 3.61. The second-order valence-electron chi connectivity index (χ2n) is 5.27. The van der Waals surface area contributed by atoms with E-state index in [2.05, 4.69) is 15.9 Å². The topological polar surface area (TPSA) is 55.8 Å². The normalized spacial score (nSPS) is 13.1. The molecule has 112 valence electrons. The predicted octanol–water partition coefficient (Wildman–Crippen LogP) is 3.09. The van der Waals surface area contributed by atoms with E-state index in [1.807, 2.05) is 38.1 Å². The minimum Gasteiger partial charge on any atom is -0.469 e. The Bertz CT molecular complexity index is 445. The van der Waals surface area contributed by atoms with Crippen molar-refractivity contribution in [1.82, 2.24) is 0 Å². The van der Waals surface area contributed by atoms with Gasteiger partial charge in [-0.1, -0.05) is 28.1 Å². The molecule has 5 heteroatoms. The highest BCUT2D eigenvalue weighted by Crippen LogP contribution is 2.23. The van der Waals surface area contributed by atoms with Crippen LogP contribution in [0, 0.1) is 5.41 Å². The van der Waals surface area contributed by atoms with Crippen LogP contribution < -0.4 is 0 Å². The van der Waals surface area contributed by atoms with E-state index >= 15 is 0 Å². The molecule has 0 fully saturated rings. The van der Waals surface area contributed by atoms with Crippen molar-refractivity contribution < 1.29 is 19.4 Å². The molecule has 0 amide bonds. The molecule has 1 N–H and O–H groups in total. The first kappa shape index (κ1) is 17.1. The summed E-state index contributed by atoms with van der Waals surface area (Å²) in [4.78, 5) is 11.5. The molecule has 0 aliphatic heterocycles. The highest BCUT2D eigenvalue weighted by atomic mass is 79.9. The number of aliphatic hydroxyl groups excluding tert-OH is 1. The number of rotatable bonds is 7. The average molecular weight is 345 g/mol. The standard InChI is InChI=1S/C15H21BrO4/c1-15(2,14(18)19-3)7-8-20-10-13(17)11-5-4-6-12(16)9-11/h4-6,9,13,17H,7-8,10H2,1-3H3. The Morgan fingerprint density at radius 2 is 2.15 bits per heavy atom. The summed E-state index contributed by atoms with van der Waals surface area (Å²) in [6, 6.07) is 7.46. The van der Waals surface area contributed by atoms with Crippen molar-refractivity contribution in [2.24, 2.45) is 5.41 Å². The summed E-state index contributed by atoms with van der Waals surface area (Å²) in [5.74, 6) is -0.256. The van der Waals surface area contributed by atoms with Crippen LogP contribution in [-0.2, 0) is 14.3 Å². The van der Waals surface area contributed by atoms with Gasteiger partial charge in [-0.2, -0.15) is 0 Å². The molecule has 1 atom stereocenters. The maximum Gasteiger partial charge on any atom is 0.311 e. The van der Waals surface area contributed by atoms with Gasteiger partial charge in [-0.25, -0.2) is 0 Å². The van der Waals surface area contributed by atoms with Crippen molar-refractivity contribution in [3.63, 3.8) is 0 Å². The third-order valence-electron chi connectivity index (χ3n) is 3.12. The van der Waals surface area contributed by atoms with Crippen LogP contribution in [0.4, 0.5) is 0 Å². The lowest BCUT2D eigenvalue weighted by Gasteiger charge is -2.21. The van der Waals surface area contributed by atoms with Gasteiger partial charge in [0.05, 0.1) is 19.1 Å². The second kappa shape index (κ2) is 7.76. The molecular weight excluding hydrogens is 324 g/mol. The lowest BCUT2D eigenvalue weighted by Crippen LogP contribution is -2.27. The fraction of sp³-hybridized carbons (Fsp3) is 0.533. The van der Waals surface area contributed by atoms with Crippen LogP contribution >= 0.6 is 15.9 Å². The largest absolute Gasteiger partial charge is 0.469 e. The Balaban J connectivity index is 2.36. The number of carbonyl (C=O) groups excluding carboxylic acids is 1. The molecule has 0 aliphatic carbocycles. The van der Waals surface area contributed by atoms with E-state index < -0.39 is 11.5 Å². The molecule has 0 spiro atoms. The van der Waals surface area contributed by atoms with Crippen molar-refractivity contribution in [3.8, 4) is 0 Å². The van der Waals surface area contributed by atoms with Gasteiger partial charge in [-0.05, 0) is 38.0 Å². The summed E-state index contributed by atoms with van der Waals surface area (Å²) in [5.41, 5.74) is 0.224. The van der Waals surface area contributed by atoms with Gasteiger partial charge in [0.2, 0.25) is 0 Å². The van der Waals surface area contributed by atoms with Crippen LogP contribution in [0.3, 0.4) is 0 Å². The quantitative estimate of drug-likeness (QED) is 0.610. The first-order valence-corrected chi connectivity index (χ1v) is 7.26. The number of carbonyl (C=O) groups is 1. The number of hydrogen-bond acceptors (Lipinski definition) is 4. The van der Waals surface area contributed by atoms with Crippen LogP contribution in [0.2, 0.25) is 0 Å². The number of ether oxygens (including phenoxy) is 2. The minimum atomic E-state index is -0.672. The first-order chi connectivity index (χ1) is 9.36. The summed E-state index contributed by atoms with van der Waals surface area (Å²) in [7, 11) is 1.38. The van der Waals surface area contributed by atoms with E-state index in [4.69, 9.17) is 9.47 Å². The number of aliphatic hydroxyl groups is 1. The third kappa shape index (κ3) is 5.23. The number of methoxy groups -OCH3 is 1. The van der Waals surface area contributed by atoms with Gasteiger partial charge < -0.3 is 14.6 Å². The maximum absolute atomic E-state index is 11.5. The molecule has 0 saturated carbocycles. The fourth-order valence-corrected chi connectivity index (χ4v) is 2.13. The summed E-state index contributed by atoms with van der Waals surface area (Å²) in [6.45, 7) is 4.22. The van der Waals surface area contributed by atoms with E-state index in [9.17, 15) is 9.90 Å². The Morgan fingerprint density at radius 1 is 1.45 bits per heavy atom. The van der Waals surface area contributed by atoms with E-state index in [0.29, 0.717) is 13.0 Å². The average Bonchev–Trinajstić information content (AvgIpc) is 2.42. The van der Waals surface area contributed by atoms with Crippen LogP contribution in [-0.4, -0.2) is 31.4 Å². The zero-order valence-corrected chi connectivity index (χ0v) is 13.6. The van der Waals surface area contributed by atoms with E-state index in [1.54, 1.807) is 0 Å². The highest BCUT2D eigenvalue weighted by molar-refractivity contribution is 9.10. The van der Waals surface area contributed by atoms with E-state index in [-0.39, 0.29) is 12.6 Å². The lowest BCUT2D eigenvalue weighted by molar-refractivity contribution is -0.151. The summed E-state index contributed by atoms with van der Waals surface area (Å²) in [5, 5.41) is 9.99. The molecule has 1 aromatic rings. The van der Waals surface area contributed by atoms with Crippen molar-refractivity contribution in [1.29, 1.82) is 0 Å². The maximum atomic E-state index is 11.5. The molecular formula is C15H21BrO4. The number of halogens is 1. The Kier molecular flexibility index (Phi) is 6.65. The van der Waals surface area contributed by atoms with Gasteiger partial charge in [0.25, 0.3) is 0 Å². The fourth-order valence-electron chi connectivity index (χ4n) is 1.71. The Hall–Kier alpha value is -0.910. The molecule has 20 heavy (non-hydrogen) atoms. The van der Waals surface area contributed by atoms with Crippen molar-refractivity contribution in [3.05, 3.63) is 34.3 Å². The zero-order valence-electron chi connectivity index (χ0n) is 12.1. The van der Waals surface area contributed by atoms with Crippen LogP contribution in [0.25, 0.3) is 0 Å². The monoisotopic (exact) mass is 344 g/mol. The molecule has 0 radical (unpaired) electrons. The molecule has 0 aliphatic rings. The van der Waals surface area contributed by atoms with Gasteiger partial charge >= 0.3 is 5.97 Å². The minimum absolute atomic E-state index is 0.202. The predicted molar refractivity (Wildman–Crippen MR) is 80.3 cm³/mol. The summed E-state index contributed by atoms with van der Waals surface area (Å²) < 4.78 is 11.1. The number of hydrogen-bond donors (Lipinski definition) is 1. The number of esters is 1. The molecule has 4 nitrogen and oxygen atoms in total. The van der Waals surface area contributed by atoms with Crippen molar-refractivity contribution in [2.45, 2.75) is 26.4 Å². The second-order valence-corrected chi connectivity index (χ2v) is 6.19. The van der Waals surface area contributed by atoms with Crippen molar-refractivity contribution in [2.75, 3.05) is 20.3 Å². The van der Waals surface area contributed by atoms with Crippen molar-refractivity contribution >= 4 is 21.9 Å². The van der Waals surface area contributed by atoms with Crippen LogP contribution in [0.15, 0.2) is 28.7 Å². The summed E-state index contributed by atoms with van der Waals surface area (Å²) in [6.07, 6.45) is -0.126. The van der Waals surface area contributed by atoms with Gasteiger partial charge in [-0.3, -0.25) is 4.79 Å². The van der Waals surface area contributed by atoms with Crippen LogP contribution in [0.5, 0.6) is 0 Å². The number of benzene rings is 1. The highest BCUT2D eigenvalue weighted by Gasteiger charge is 2.28. The van der Waals surface area contributed by atoms with E-state index in [0.717, 1.165) is 10.0 Å². The van der Waals surface area contributed by atoms with Gasteiger partial charge in [-0.15, -0.1) is 0 Å². The lowest BCUT2D eigenvalue weighted by atomic mass is 9.90. The van der Waals surface area contributed by atoms with Gasteiger partial charge in [0, 0.05) is 11.1 Å². The molecule has 0 bridgehead atoms. The molecule has 0 heterocycles. The Morgan fingerprint density at radius 3 is 2.75 bits per heavy atom. The van der Waals surface area contributed by atoms with Crippen LogP contribution in [0.1, 0.15) is 31.9 Å². The molecule has 1 rings (SSSR count). The summed E-state index contributed by atoms with van der Waals surface area (Å²) >= 11 is 3.36. The first-order valence-electron chi connectivity index (χ1n) is 6.46.